The molecular formula is C21H17BrN2OS. The average molecular weight is 425 g/mol. The molecule has 0 unspecified atom stereocenters. The van der Waals surface area contributed by atoms with Gasteiger partial charge in [0.05, 0.1) is 5.56 Å². The zero-order chi connectivity index (χ0) is 18.1. The highest BCUT2D eigenvalue weighted by molar-refractivity contribution is 9.10. The van der Waals surface area contributed by atoms with Gasteiger partial charge in [0.1, 0.15) is 6.17 Å². The van der Waals surface area contributed by atoms with E-state index in [9.17, 15) is 4.79 Å². The van der Waals surface area contributed by atoms with Crippen LogP contribution in [0.1, 0.15) is 22.1 Å². The number of amides is 1. The molecular weight excluding hydrogens is 408 g/mol. The zero-order valence-electron chi connectivity index (χ0n) is 14.1. The number of fused-ring (bicyclic) bond motifs is 1. The summed E-state index contributed by atoms with van der Waals surface area (Å²) in [5, 5.41) is 3.53. The molecule has 3 aromatic carbocycles. The molecule has 1 amide bonds. The van der Waals surface area contributed by atoms with Crippen molar-refractivity contribution < 1.29 is 4.79 Å². The third-order valence-electron chi connectivity index (χ3n) is 4.46. The molecule has 3 aromatic rings. The number of benzene rings is 3. The summed E-state index contributed by atoms with van der Waals surface area (Å²) in [7, 11) is 0. The van der Waals surface area contributed by atoms with Gasteiger partial charge in [0.25, 0.3) is 5.91 Å². The Labute approximate surface area is 165 Å². The van der Waals surface area contributed by atoms with Crippen molar-refractivity contribution in [2.24, 2.45) is 0 Å². The molecule has 0 spiro atoms. The molecule has 0 fully saturated rings. The Bertz CT molecular complexity index is 941. The van der Waals surface area contributed by atoms with Crippen LogP contribution in [0.5, 0.6) is 0 Å². The molecule has 5 heteroatoms. The van der Waals surface area contributed by atoms with Crippen LogP contribution in [0.4, 0.5) is 11.4 Å². The third-order valence-corrected chi connectivity index (χ3v) is 5.74. The smallest absolute Gasteiger partial charge is 0.262 e. The Kier molecular flexibility index (Phi) is 4.74. The van der Waals surface area contributed by atoms with Gasteiger partial charge in [-0.3, -0.25) is 9.69 Å². The summed E-state index contributed by atoms with van der Waals surface area (Å²) in [6, 6.07) is 23.8. The van der Waals surface area contributed by atoms with Crippen molar-refractivity contribution in [3.05, 3.63) is 88.4 Å². The maximum atomic E-state index is 13.3. The molecule has 1 heterocycles. The number of para-hydroxylation sites is 1. The fourth-order valence-electron chi connectivity index (χ4n) is 3.14. The highest BCUT2D eigenvalue weighted by Crippen LogP contribution is 2.37. The number of carbonyl (C=O) groups is 1. The van der Waals surface area contributed by atoms with Crippen molar-refractivity contribution in [3.63, 3.8) is 0 Å². The number of nitrogens with one attached hydrogen (secondary N) is 1. The fraction of sp³-hybridized carbons (Fsp3) is 0.0952. The lowest BCUT2D eigenvalue weighted by atomic mass is 10.0. The van der Waals surface area contributed by atoms with Crippen molar-refractivity contribution in [1.29, 1.82) is 0 Å². The van der Waals surface area contributed by atoms with Crippen LogP contribution in [0.15, 0.2) is 82.2 Å². The van der Waals surface area contributed by atoms with Gasteiger partial charge in [-0.2, -0.15) is 0 Å². The highest BCUT2D eigenvalue weighted by atomic mass is 79.9. The molecule has 0 radical (unpaired) electrons. The molecule has 26 heavy (non-hydrogen) atoms. The van der Waals surface area contributed by atoms with Crippen molar-refractivity contribution in [3.8, 4) is 0 Å². The largest absolute Gasteiger partial charge is 0.360 e. The lowest BCUT2D eigenvalue weighted by Gasteiger charge is -2.38. The van der Waals surface area contributed by atoms with Gasteiger partial charge in [-0.05, 0) is 60.4 Å². The van der Waals surface area contributed by atoms with Gasteiger partial charge in [-0.1, -0.05) is 40.2 Å². The summed E-state index contributed by atoms with van der Waals surface area (Å²) in [6.45, 7) is 0. The monoisotopic (exact) mass is 424 g/mol. The van der Waals surface area contributed by atoms with Crippen LogP contribution < -0.4 is 10.2 Å². The maximum absolute atomic E-state index is 13.3. The summed E-state index contributed by atoms with van der Waals surface area (Å²) in [6.07, 6.45) is 1.80. The predicted octanol–water partition coefficient (Wildman–Crippen LogP) is 5.94. The average Bonchev–Trinajstić information content (AvgIpc) is 2.69. The molecule has 1 aliphatic heterocycles. The Hall–Kier alpha value is -2.24. The number of halogens is 1. The Morgan fingerprint density at radius 1 is 0.962 bits per heavy atom. The van der Waals surface area contributed by atoms with E-state index in [2.05, 4.69) is 51.8 Å². The summed E-state index contributed by atoms with van der Waals surface area (Å²) < 4.78 is 0.986. The van der Waals surface area contributed by atoms with E-state index in [-0.39, 0.29) is 12.1 Å². The lowest BCUT2D eigenvalue weighted by Crippen LogP contribution is -2.43. The van der Waals surface area contributed by atoms with Crippen LogP contribution in [-0.2, 0) is 0 Å². The van der Waals surface area contributed by atoms with Crippen molar-refractivity contribution in [2.75, 3.05) is 16.5 Å². The van der Waals surface area contributed by atoms with Crippen molar-refractivity contribution in [1.82, 2.24) is 0 Å². The topological polar surface area (TPSA) is 32.3 Å². The van der Waals surface area contributed by atoms with E-state index in [1.165, 1.54) is 4.90 Å². The summed E-state index contributed by atoms with van der Waals surface area (Å²) in [5.74, 6) is 0.000570. The summed E-state index contributed by atoms with van der Waals surface area (Å²) >= 11 is 5.17. The predicted molar refractivity (Wildman–Crippen MR) is 112 cm³/mol. The minimum atomic E-state index is -0.255. The molecule has 4 rings (SSSR count). The first-order valence-electron chi connectivity index (χ1n) is 8.26. The van der Waals surface area contributed by atoms with Gasteiger partial charge < -0.3 is 5.32 Å². The minimum absolute atomic E-state index is 0.000570. The molecule has 0 bridgehead atoms. The third kappa shape index (κ3) is 3.13. The van der Waals surface area contributed by atoms with Crippen molar-refractivity contribution >= 4 is 45.0 Å². The molecule has 0 aromatic heterocycles. The van der Waals surface area contributed by atoms with E-state index in [0.717, 1.165) is 21.4 Å². The number of hydrogen-bond acceptors (Lipinski definition) is 3. The van der Waals surface area contributed by atoms with E-state index in [0.29, 0.717) is 5.56 Å². The van der Waals surface area contributed by atoms with Crippen LogP contribution >= 0.6 is 27.7 Å². The molecule has 3 nitrogen and oxygen atoms in total. The second-order valence-electron chi connectivity index (χ2n) is 6.02. The second kappa shape index (κ2) is 7.17. The zero-order valence-corrected chi connectivity index (χ0v) is 16.5. The number of nitrogens with zero attached hydrogens (tertiary/aromatic N) is 1. The highest BCUT2D eigenvalue weighted by Gasteiger charge is 2.33. The Balaban J connectivity index is 1.82. The molecule has 0 saturated heterocycles. The fourth-order valence-corrected chi connectivity index (χ4v) is 3.81. The van der Waals surface area contributed by atoms with Gasteiger partial charge in [0.15, 0.2) is 0 Å². The van der Waals surface area contributed by atoms with E-state index in [4.69, 9.17) is 0 Å². The molecule has 130 valence electrons. The first-order valence-corrected chi connectivity index (χ1v) is 10.3. The van der Waals surface area contributed by atoms with Gasteiger partial charge in [0, 0.05) is 20.7 Å². The molecule has 1 N–H and O–H groups in total. The number of thioether (sulfide) groups is 1. The second-order valence-corrected chi connectivity index (χ2v) is 7.81. The lowest BCUT2D eigenvalue weighted by molar-refractivity contribution is 0.0975. The Morgan fingerprint density at radius 2 is 1.65 bits per heavy atom. The molecule has 1 atom stereocenters. The molecule has 0 aliphatic carbocycles. The SMILES string of the molecule is CSc1ccc([C@@H]2Nc3ccccc3C(=O)N2c2ccc(Br)cc2)cc1. The van der Waals surface area contributed by atoms with Gasteiger partial charge in [-0.25, -0.2) is 0 Å². The van der Waals surface area contributed by atoms with E-state index < -0.39 is 0 Å². The molecule has 0 saturated carbocycles. The Morgan fingerprint density at radius 3 is 2.35 bits per heavy atom. The van der Waals surface area contributed by atoms with Crippen LogP contribution in [0, 0.1) is 0 Å². The molecule has 1 aliphatic rings. The van der Waals surface area contributed by atoms with Crippen LogP contribution in [0.3, 0.4) is 0 Å². The summed E-state index contributed by atoms with van der Waals surface area (Å²) in [5.41, 5.74) is 3.46. The van der Waals surface area contributed by atoms with Crippen LogP contribution in [0.2, 0.25) is 0 Å². The number of carbonyl (C=O) groups excluding carboxylic acids is 1. The van der Waals surface area contributed by atoms with E-state index in [1.807, 2.05) is 53.4 Å². The first-order chi connectivity index (χ1) is 12.7. The van der Waals surface area contributed by atoms with Crippen molar-refractivity contribution in [2.45, 2.75) is 11.1 Å². The minimum Gasteiger partial charge on any atom is -0.360 e. The van der Waals surface area contributed by atoms with Crippen LogP contribution in [0.25, 0.3) is 0 Å². The van der Waals surface area contributed by atoms with Gasteiger partial charge >= 0.3 is 0 Å². The van der Waals surface area contributed by atoms with Crippen LogP contribution in [-0.4, -0.2) is 12.2 Å². The van der Waals surface area contributed by atoms with Gasteiger partial charge in [0.2, 0.25) is 0 Å². The van der Waals surface area contributed by atoms with E-state index >= 15 is 0 Å². The van der Waals surface area contributed by atoms with E-state index in [1.54, 1.807) is 11.8 Å². The quantitative estimate of drug-likeness (QED) is 0.527. The number of hydrogen-bond donors (Lipinski definition) is 1. The maximum Gasteiger partial charge on any atom is 0.262 e. The number of anilines is 2. The standard InChI is InChI=1S/C21H17BrN2OS/c1-26-17-12-6-14(7-13-17)20-23-19-5-3-2-4-18(19)21(25)24(20)16-10-8-15(22)9-11-16/h2-13,20,23H,1H3/t20-/m1/s1. The first kappa shape index (κ1) is 17.2. The number of rotatable bonds is 3. The summed E-state index contributed by atoms with van der Waals surface area (Å²) in [4.78, 5) is 16.3. The van der Waals surface area contributed by atoms with Gasteiger partial charge in [-0.15, -0.1) is 11.8 Å². The normalized spacial score (nSPS) is 16.2.